The number of nitrogens with one attached hydrogen (secondary N) is 1. The van der Waals surface area contributed by atoms with E-state index in [-0.39, 0.29) is 0 Å². The van der Waals surface area contributed by atoms with E-state index < -0.39 is 0 Å². The summed E-state index contributed by atoms with van der Waals surface area (Å²) in [6.45, 7) is 0. The van der Waals surface area contributed by atoms with Crippen molar-refractivity contribution in [1.29, 1.82) is 0 Å². The zero-order chi connectivity index (χ0) is 11.4. The Morgan fingerprint density at radius 1 is 1.06 bits per heavy atom. The molecule has 1 N–H and O–H groups in total. The second kappa shape index (κ2) is 4.61. The molecule has 0 saturated carbocycles. The Hall–Kier alpha value is -2.10. The molecule has 0 spiro atoms. The van der Waals surface area contributed by atoms with E-state index in [0.717, 1.165) is 11.5 Å². The summed E-state index contributed by atoms with van der Waals surface area (Å²) in [6.07, 6.45) is 1.74. The predicted molar refractivity (Wildman–Crippen MR) is 66.1 cm³/mol. The Kier molecular flexibility index (Phi) is 3.00. The summed E-state index contributed by atoms with van der Waals surface area (Å²) in [4.78, 5) is 10.5. The van der Waals surface area contributed by atoms with Crippen LogP contribution in [0.3, 0.4) is 0 Å². The maximum Gasteiger partial charge on any atom is 0.229 e. The van der Waals surface area contributed by atoms with Gasteiger partial charge in [0, 0.05) is 26.0 Å². The van der Waals surface area contributed by atoms with Gasteiger partial charge >= 0.3 is 0 Å². The van der Waals surface area contributed by atoms with E-state index in [1.54, 1.807) is 6.20 Å². The summed E-state index contributed by atoms with van der Waals surface area (Å²) in [6, 6.07) is 11.7. The van der Waals surface area contributed by atoms with Crippen molar-refractivity contribution in [1.82, 2.24) is 9.97 Å². The largest absolute Gasteiger partial charge is 0.363 e. The first-order valence-corrected chi connectivity index (χ1v) is 5.08. The van der Waals surface area contributed by atoms with Gasteiger partial charge in [-0.3, -0.25) is 0 Å². The van der Waals surface area contributed by atoms with Gasteiger partial charge in [-0.05, 0) is 18.2 Å². The van der Waals surface area contributed by atoms with E-state index in [9.17, 15) is 0 Å². The molecule has 82 valence electrons. The van der Waals surface area contributed by atoms with Gasteiger partial charge in [-0.15, -0.1) is 0 Å². The number of para-hydroxylation sites is 1. The first-order valence-electron chi connectivity index (χ1n) is 5.08. The van der Waals surface area contributed by atoms with Crippen molar-refractivity contribution in [2.75, 3.05) is 24.3 Å². The number of benzene rings is 1. The number of rotatable bonds is 3. The van der Waals surface area contributed by atoms with Crippen LogP contribution in [0, 0.1) is 0 Å². The molecular weight excluding hydrogens is 200 g/mol. The number of anilines is 3. The first kappa shape index (κ1) is 10.4. The SMILES string of the molecule is CN(C)c1ccnc(Nc2ccccc2)n1. The fourth-order valence-electron chi connectivity index (χ4n) is 1.31. The molecule has 2 rings (SSSR count). The van der Waals surface area contributed by atoms with E-state index in [4.69, 9.17) is 0 Å². The Labute approximate surface area is 95.0 Å². The van der Waals surface area contributed by atoms with Crippen LogP contribution < -0.4 is 10.2 Å². The molecule has 0 saturated heterocycles. The molecule has 4 nitrogen and oxygen atoms in total. The molecule has 0 atom stereocenters. The molecule has 0 fully saturated rings. The summed E-state index contributed by atoms with van der Waals surface area (Å²) >= 11 is 0. The number of hydrogen-bond donors (Lipinski definition) is 1. The van der Waals surface area contributed by atoms with Gasteiger partial charge in [0.2, 0.25) is 5.95 Å². The van der Waals surface area contributed by atoms with Crippen LogP contribution in [-0.4, -0.2) is 24.1 Å². The third-order valence-corrected chi connectivity index (χ3v) is 2.13. The Bertz CT molecular complexity index is 454. The monoisotopic (exact) mass is 214 g/mol. The highest BCUT2D eigenvalue weighted by Crippen LogP contribution is 2.14. The van der Waals surface area contributed by atoms with Crippen molar-refractivity contribution in [3.63, 3.8) is 0 Å². The fraction of sp³-hybridized carbons (Fsp3) is 0.167. The minimum atomic E-state index is 0.609. The summed E-state index contributed by atoms with van der Waals surface area (Å²) in [7, 11) is 3.91. The molecule has 0 amide bonds. The zero-order valence-corrected chi connectivity index (χ0v) is 9.38. The second-order valence-corrected chi connectivity index (χ2v) is 3.62. The molecule has 2 aromatic rings. The molecule has 4 heteroatoms. The third kappa shape index (κ3) is 2.48. The van der Waals surface area contributed by atoms with Crippen LogP contribution in [0.5, 0.6) is 0 Å². The number of nitrogens with zero attached hydrogens (tertiary/aromatic N) is 3. The van der Waals surface area contributed by atoms with Gasteiger partial charge in [0.15, 0.2) is 0 Å². The van der Waals surface area contributed by atoms with Crippen LogP contribution >= 0.6 is 0 Å². The van der Waals surface area contributed by atoms with Crippen LogP contribution in [0.15, 0.2) is 42.6 Å². The van der Waals surface area contributed by atoms with E-state index in [2.05, 4.69) is 15.3 Å². The summed E-state index contributed by atoms with van der Waals surface area (Å²) in [5.74, 6) is 1.49. The molecule has 0 unspecified atom stereocenters. The number of aromatic nitrogens is 2. The average Bonchev–Trinajstić information content (AvgIpc) is 2.30. The van der Waals surface area contributed by atoms with Gasteiger partial charge in [-0.25, -0.2) is 4.98 Å². The average molecular weight is 214 g/mol. The van der Waals surface area contributed by atoms with Gasteiger partial charge < -0.3 is 10.2 Å². The molecular formula is C12H14N4. The maximum absolute atomic E-state index is 4.37. The molecule has 16 heavy (non-hydrogen) atoms. The molecule has 0 aliphatic rings. The third-order valence-electron chi connectivity index (χ3n) is 2.13. The van der Waals surface area contributed by atoms with E-state index in [1.807, 2.05) is 55.4 Å². The smallest absolute Gasteiger partial charge is 0.229 e. The zero-order valence-electron chi connectivity index (χ0n) is 9.38. The number of hydrogen-bond acceptors (Lipinski definition) is 4. The summed E-state index contributed by atoms with van der Waals surface area (Å²) in [5, 5.41) is 3.15. The molecule has 0 radical (unpaired) electrons. The predicted octanol–water partition coefficient (Wildman–Crippen LogP) is 2.29. The molecule has 1 aromatic carbocycles. The molecule has 1 heterocycles. The lowest BCUT2D eigenvalue weighted by molar-refractivity contribution is 1.04. The minimum absolute atomic E-state index is 0.609. The van der Waals surface area contributed by atoms with Crippen LogP contribution in [0.2, 0.25) is 0 Å². The quantitative estimate of drug-likeness (QED) is 0.851. The fourth-order valence-corrected chi connectivity index (χ4v) is 1.31. The van der Waals surface area contributed by atoms with Gasteiger partial charge in [-0.2, -0.15) is 4.98 Å². The van der Waals surface area contributed by atoms with Crippen molar-refractivity contribution in [2.45, 2.75) is 0 Å². The summed E-state index contributed by atoms with van der Waals surface area (Å²) < 4.78 is 0. The van der Waals surface area contributed by atoms with Crippen LogP contribution in [0.4, 0.5) is 17.5 Å². The molecule has 0 bridgehead atoms. The topological polar surface area (TPSA) is 41.1 Å². The first-order chi connectivity index (χ1) is 7.75. The van der Waals surface area contributed by atoms with E-state index >= 15 is 0 Å². The van der Waals surface area contributed by atoms with Crippen molar-refractivity contribution in [3.05, 3.63) is 42.6 Å². The molecule has 1 aromatic heterocycles. The normalized spacial score (nSPS) is 9.88. The van der Waals surface area contributed by atoms with E-state index in [0.29, 0.717) is 5.95 Å². The van der Waals surface area contributed by atoms with Gasteiger partial charge in [0.25, 0.3) is 0 Å². The van der Waals surface area contributed by atoms with Gasteiger partial charge in [0.1, 0.15) is 5.82 Å². The highest BCUT2D eigenvalue weighted by atomic mass is 15.2. The van der Waals surface area contributed by atoms with Gasteiger partial charge in [0.05, 0.1) is 0 Å². The summed E-state index contributed by atoms with van der Waals surface area (Å²) in [5.41, 5.74) is 0.985. The van der Waals surface area contributed by atoms with E-state index in [1.165, 1.54) is 0 Å². The highest BCUT2D eigenvalue weighted by molar-refractivity contribution is 5.54. The Morgan fingerprint density at radius 3 is 2.50 bits per heavy atom. The second-order valence-electron chi connectivity index (χ2n) is 3.62. The lowest BCUT2D eigenvalue weighted by atomic mass is 10.3. The lowest BCUT2D eigenvalue weighted by Gasteiger charge is -2.12. The Balaban J connectivity index is 2.19. The standard InChI is InChI=1S/C12H14N4/c1-16(2)11-8-9-13-12(15-11)14-10-6-4-3-5-7-10/h3-9H,1-2H3,(H,13,14,15). The Morgan fingerprint density at radius 2 is 1.81 bits per heavy atom. The van der Waals surface area contributed by atoms with Crippen molar-refractivity contribution in [2.24, 2.45) is 0 Å². The van der Waals surface area contributed by atoms with Gasteiger partial charge in [-0.1, -0.05) is 18.2 Å². The van der Waals surface area contributed by atoms with Crippen LogP contribution in [0.25, 0.3) is 0 Å². The van der Waals surface area contributed by atoms with Crippen molar-refractivity contribution < 1.29 is 0 Å². The van der Waals surface area contributed by atoms with Crippen LogP contribution in [0.1, 0.15) is 0 Å². The minimum Gasteiger partial charge on any atom is -0.363 e. The van der Waals surface area contributed by atoms with Crippen LogP contribution in [-0.2, 0) is 0 Å². The lowest BCUT2D eigenvalue weighted by Crippen LogP contribution is -2.11. The highest BCUT2D eigenvalue weighted by Gasteiger charge is 2.00. The maximum atomic E-state index is 4.37. The van der Waals surface area contributed by atoms with Crippen molar-refractivity contribution >= 4 is 17.5 Å². The molecule has 0 aliphatic heterocycles. The van der Waals surface area contributed by atoms with Crippen molar-refractivity contribution in [3.8, 4) is 0 Å². The molecule has 0 aliphatic carbocycles.